The lowest BCUT2D eigenvalue weighted by atomic mass is 10.2. The molecule has 0 unspecified atom stereocenters. The summed E-state index contributed by atoms with van der Waals surface area (Å²) in [4.78, 5) is 0. The van der Waals surface area contributed by atoms with E-state index in [1.807, 2.05) is 0 Å². The van der Waals surface area contributed by atoms with E-state index < -0.39 is 14.3 Å². The summed E-state index contributed by atoms with van der Waals surface area (Å²) < 4.78 is 26.4. The molecule has 0 aromatic rings. The zero-order valence-corrected chi connectivity index (χ0v) is 32.8. The van der Waals surface area contributed by atoms with Crippen LogP contribution in [0, 0.1) is 0 Å². The summed E-state index contributed by atoms with van der Waals surface area (Å²) in [5.74, 6) is 0. The van der Waals surface area contributed by atoms with Gasteiger partial charge < -0.3 is 9.13 Å². The van der Waals surface area contributed by atoms with Crippen LogP contribution in [0.2, 0.25) is 0 Å². The van der Waals surface area contributed by atoms with E-state index in [-0.39, 0.29) is 0 Å². The minimum atomic E-state index is -1.87. The first-order valence-corrected chi connectivity index (χ1v) is 24.5. The molecule has 2 nitrogen and oxygen atoms in total. The van der Waals surface area contributed by atoms with E-state index in [4.69, 9.17) is 0 Å². The third-order valence-corrected chi connectivity index (χ3v) is 16.1. The first kappa shape index (κ1) is 45.6. The monoisotopic (exact) mass is 647 g/mol. The molecule has 0 aliphatic rings. The van der Waals surface area contributed by atoms with Gasteiger partial charge in [-0.25, -0.2) is 0 Å². The van der Waals surface area contributed by atoms with Gasteiger partial charge in [0.25, 0.3) is 0 Å². The topological polar surface area (TPSA) is 34.1 Å². The SMILES string of the molecule is CCCCCCCP(=O)(CCCCCCC)CCCCCCC.CCCCCCP(=O)(CCCCCC)CCCCCC. The maximum atomic E-state index is 13.3. The predicted molar refractivity (Wildman–Crippen MR) is 203 cm³/mol. The number of hydrogen-bond donors (Lipinski definition) is 0. The van der Waals surface area contributed by atoms with Gasteiger partial charge in [-0.3, -0.25) is 0 Å². The Morgan fingerprint density at radius 3 is 0.535 bits per heavy atom. The summed E-state index contributed by atoms with van der Waals surface area (Å²) in [6.07, 6.45) is 40.9. The molecule has 0 aromatic heterocycles. The molecule has 0 radical (unpaired) electrons. The normalized spacial score (nSPS) is 12.0. The average molecular weight is 647 g/mol. The first-order chi connectivity index (χ1) is 20.9. The predicted octanol–water partition coefficient (Wildman–Crippen LogP) is 15.4. The van der Waals surface area contributed by atoms with Crippen LogP contribution in [0.1, 0.15) is 215 Å². The molecular weight excluding hydrogens is 562 g/mol. The highest BCUT2D eigenvalue weighted by molar-refractivity contribution is 7.64. The number of hydrogen-bond acceptors (Lipinski definition) is 2. The van der Waals surface area contributed by atoms with Crippen molar-refractivity contribution >= 4 is 14.3 Å². The standard InChI is InChI=1S/C21H45OP.C18H39OP/c1-4-7-10-13-16-19-23(22,20-17-14-11-8-5-2)21-18-15-12-9-6-3;1-4-7-10-13-16-20(19,17-14-11-8-5-2)18-15-12-9-6-3/h4-21H2,1-3H3;4-18H2,1-3H3. The van der Waals surface area contributed by atoms with Crippen LogP contribution >= 0.6 is 14.3 Å². The van der Waals surface area contributed by atoms with Crippen molar-refractivity contribution in [1.29, 1.82) is 0 Å². The Bertz CT molecular complexity index is 538. The van der Waals surface area contributed by atoms with Crippen LogP contribution in [0.3, 0.4) is 0 Å². The molecule has 0 atom stereocenters. The molecule has 0 aliphatic heterocycles. The van der Waals surface area contributed by atoms with E-state index in [2.05, 4.69) is 41.5 Å². The van der Waals surface area contributed by atoms with E-state index in [0.717, 1.165) is 37.0 Å². The van der Waals surface area contributed by atoms with Gasteiger partial charge in [0.05, 0.1) is 14.3 Å². The van der Waals surface area contributed by atoms with Gasteiger partial charge in [0.1, 0.15) is 0 Å². The Balaban J connectivity index is 0. The van der Waals surface area contributed by atoms with Crippen LogP contribution in [0.25, 0.3) is 0 Å². The van der Waals surface area contributed by atoms with E-state index in [0.29, 0.717) is 0 Å². The van der Waals surface area contributed by atoms with Crippen LogP contribution < -0.4 is 0 Å². The van der Waals surface area contributed by atoms with E-state index in [1.165, 1.54) is 173 Å². The van der Waals surface area contributed by atoms with Crippen molar-refractivity contribution in [3.05, 3.63) is 0 Å². The van der Waals surface area contributed by atoms with Crippen LogP contribution in [-0.2, 0) is 9.13 Å². The minimum Gasteiger partial charge on any atom is -0.324 e. The second kappa shape index (κ2) is 35.3. The summed E-state index contributed by atoms with van der Waals surface area (Å²) in [6, 6.07) is 0. The fourth-order valence-electron chi connectivity index (χ4n) is 6.16. The quantitative estimate of drug-likeness (QED) is 0.0525. The molecule has 0 fully saturated rings. The Labute approximate surface area is 274 Å². The summed E-state index contributed by atoms with van der Waals surface area (Å²) >= 11 is 0. The second-order valence-corrected chi connectivity index (χ2v) is 20.8. The fourth-order valence-corrected chi connectivity index (χ4v) is 12.3. The van der Waals surface area contributed by atoms with E-state index >= 15 is 0 Å². The van der Waals surface area contributed by atoms with Crippen molar-refractivity contribution in [2.24, 2.45) is 0 Å². The highest BCUT2D eigenvalue weighted by Crippen LogP contribution is 2.49. The first-order valence-electron chi connectivity index (χ1n) is 20.0. The molecule has 0 aliphatic carbocycles. The molecule has 4 heteroatoms. The Morgan fingerprint density at radius 2 is 0.372 bits per heavy atom. The zero-order chi connectivity index (χ0) is 32.3. The highest BCUT2D eigenvalue weighted by atomic mass is 31.2. The van der Waals surface area contributed by atoms with Crippen LogP contribution in [-0.4, -0.2) is 37.0 Å². The van der Waals surface area contributed by atoms with Gasteiger partial charge in [0.15, 0.2) is 0 Å². The van der Waals surface area contributed by atoms with Crippen molar-refractivity contribution < 1.29 is 9.13 Å². The molecular formula is C39H84O2P2. The Morgan fingerprint density at radius 1 is 0.233 bits per heavy atom. The van der Waals surface area contributed by atoms with Crippen LogP contribution in [0.15, 0.2) is 0 Å². The number of unbranched alkanes of at least 4 members (excludes halogenated alkanes) is 21. The smallest absolute Gasteiger partial charge is 0.0877 e. The van der Waals surface area contributed by atoms with Gasteiger partial charge in [0, 0.05) is 37.0 Å². The van der Waals surface area contributed by atoms with Gasteiger partial charge in [-0.2, -0.15) is 0 Å². The third-order valence-electron chi connectivity index (χ3n) is 9.27. The average Bonchev–Trinajstić information content (AvgIpc) is 3.00. The lowest BCUT2D eigenvalue weighted by Crippen LogP contribution is -2.02. The molecule has 0 rings (SSSR count). The molecule has 0 aromatic carbocycles. The van der Waals surface area contributed by atoms with Crippen molar-refractivity contribution in [3.63, 3.8) is 0 Å². The summed E-state index contributed by atoms with van der Waals surface area (Å²) in [6.45, 7) is 13.5. The summed E-state index contributed by atoms with van der Waals surface area (Å²) in [7, 11) is -3.71. The van der Waals surface area contributed by atoms with Gasteiger partial charge in [0.2, 0.25) is 0 Å². The maximum absolute atomic E-state index is 13.3. The molecule has 262 valence electrons. The minimum absolute atomic E-state index is 1.03. The summed E-state index contributed by atoms with van der Waals surface area (Å²) in [5.41, 5.74) is 0. The molecule has 0 heterocycles. The largest absolute Gasteiger partial charge is 0.324 e. The highest BCUT2D eigenvalue weighted by Gasteiger charge is 2.21. The van der Waals surface area contributed by atoms with E-state index in [9.17, 15) is 9.13 Å². The molecule has 0 N–H and O–H groups in total. The summed E-state index contributed by atoms with van der Waals surface area (Å²) in [5, 5.41) is 0. The lowest BCUT2D eigenvalue weighted by Gasteiger charge is -2.18. The third kappa shape index (κ3) is 33.6. The van der Waals surface area contributed by atoms with E-state index in [1.54, 1.807) is 0 Å². The van der Waals surface area contributed by atoms with Gasteiger partial charge in [-0.05, 0) is 38.5 Å². The molecule has 0 saturated heterocycles. The Hall–Kier alpha value is 0.460. The molecule has 0 bridgehead atoms. The van der Waals surface area contributed by atoms with Crippen LogP contribution in [0.5, 0.6) is 0 Å². The molecule has 0 spiro atoms. The fraction of sp³-hybridized carbons (Fsp3) is 1.00. The van der Waals surface area contributed by atoms with Crippen molar-refractivity contribution in [3.8, 4) is 0 Å². The molecule has 0 saturated carbocycles. The molecule has 43 heavy (non-hydrogen) atoms. The second-order valence-electron chi connectivity index (χ2n) is 13.9. The van der Waals surface area contributed by atoms with Crippen LogP contribution in [0.4, 0.5) is 0 Å². The van der Waals surface area contributed by atoms with Gasteiger partial charge in [-0.1, -0.05) is 176 Å². The van der Waals surface area contributed by atoms with Crippen molar-refractivity contribution in [2.75, 3.05) is 37.0 Å². The van der Waals surface area contributed by atoms with Gasteiger partial charge in [-0.15, -0.1) is 0 Å². The van der Waals surface area contributed by atoms with Gasteiger partial charge >= 0.3 is 0 Å². The number of rotatable bonds is 33. The zero-order valence-electron chi connectivity index (χ0n) is 31.0. The maximum Gasteiger partial charge on any atom is 0.0877 e. The van der Waals surface area contributed by atoms with Crippen molar-refractivity contribution in [1.82, 2.24) is 0 Å². The lowest BCUT2D eigenvalue weighted by molar-refractivity contribution is 0.558. The Kier molecular flexibility index (Phi) is 37.4. The molecule has 0 amide bonds. The van der Waals surface area contributed by atoms with Crippen molar-refractivity contribution in [2.45, 2.75) is 215 Å².